The molecular formula is C73H48N2. The second-order valence-corrected chi connectivity index (χ2v) is 19.5. The van der Waals surface area contributed by atoms with Gasteiger partial charge in [-0.1, -0.05) is 206 Å². The number of allylic oxidation sites excluding steroid dienone is 4. The molecule has 1 heterocycles. The molecular weight excluding hydrogens is 905 g/mol. The molecule has 11 aromatic carbocycles. The predicted molar refractivity (Wildman–Crippen MR) is 313 cm³/mol. The zero-order valence-corrected chi connectivity index (χ0v) is 41.1. The van der Waals surface area contributed by atoms with E-state index in [2.05, 4.69) is 300 Å². The fourth-order valence-electron chi connectivity index (χ4n) is 11.9. The van der Waals surface area contributed by atoms with Gasteiger partial charge in [-0.25, -0.2) is 0 Å². The Labute approximate surface area is 437 Å². The Kier molecular flexibility index (Phi) is 10.7. The van der Waals surface area contributed by atoms with Crippen molar-refractivity contribution in [2.45, 2.75) is 5.41 Å². The number of fused-ring (bicyclic) bond motifs is 6. The third kappa shape index (κ3) is 7.44. The first kappa shape index (κ1) is 43.8. The summed E-state index contributed by atoms with van der Waals surface area (Å²) in [5, 5.41) is 2.41. The van der Waals surface area contributed by atoms with Gasteiger partial charge in [0.05, 0.1) is 16.4 Å². The van der Waals surface area contributed by atoms with Crippen molar-refractivity contribution in [3.05, 3.63) is 330 Å². The van der Waals surface area contributed by atoms with E-state index in [1.165, 1.54) is 55.3 Å². The number of benzene rings is 11. The molecule has 0 aliphatic heterocycles. The maximum Gasteiger partial charge on any atom is 0.0714 e. The molecule has 0 saturated heterocycles. The molecule has 2 nitrogen and oxygen atoms in total. The minimum atomic E-state index is -0.511. The van der Waals surface area contributed by atoms with Crippen molar-refractivity contribution >= 4 is 44.4 Å². The quantitative estimate of drug-likeness (QED) is 0.124. The molecule has 2 heteroatoms. The molecule has 0 atom stereocenters. The first-order valence-electron chi connectivity index (χ1n) is 25.7. The molecule has 350 valence electrons. The Hall–Kier alpha value is -9.94. The fourth-order valence-corrected chi connectivity index (χ4v) is 11.9. The van der Waals surface area contributed by atoms with Crippen molar-refractivity contribution in [1.82, 2.24) is 4.57 Å². The van der Waals surface area contributed by atoms with E-state index >= 15 is 0 Å². The van der Waals surface area contributed by atoms with Gasteiger partial charge < -0.3 is 9.47 Å². The second-order valence-electron chi connectivity index (χ2n) is 19.5. The van der Waals surface area contributed by atoms with Crippen LogP contribution in [0.4, 0.5) is 17.1 Å². The van der Waals surface area contributed by atoms with Gasteiger partial charge in [0, 0.05) is 33.5 Å². The van der Waals surface area contributed by atoms with Crippen molar-refractivity contribution in [2.75, 3.05) is 4.90 Å². The smallest absolute Gasteiger partial charge is 0.0714 e. The SMILES string of the molecule is C1=C=CC(c2ccc3c(c2)c2cc(-c4cccc(-c5cccc(N(c6ccccc6)c6ccc7c(c6)C(c6ccccc6)(c6ccccc6)c6ccccc6-7)c5)c4)ccc2n3-c2ccc(-c3ccccc3)cc2)=CC=1. The summed E-state index contributed by atoms with van der Waals surface area (Å²) in [6.45, 7) is 0. The first-order valence-corrected chi connectivity index (χ1v) is 25.7. The van der Waals surface area contributed by atoms with E-state index in [9.17, 15) is 0 Å². The minimum Gasteiger partial charge on any atom is -0.310 e. The minimum absolute atomic E-state index is 0.511. The van der Waals surface area contributed by atoms with Crippen molar-refractivity contribution in [1.29, 1.82) is 0 Å². The molecule has 2 aliphatic carbocycles. The van der Waals surface area contributed by atoms with E-state index in [1.54, 1.807) is 0 Å². The van der Waals surface area contributed by atoms with Crippen molar-refractivity contribution in [3.63, 3.8) is 0 Å². The normalized spacial score (nSPS) is 12.9. The predicted octanol–water partition coefficient (Wildman–Crippen LogP) is 18.9. The topological polar surface area (TPSA) is 8.17 Å². The van der Waals surface area contributed by atoms with Crippen LogP contribution in [0.2, 0.25) is 0 Å². The second kappa shape index (κ2) is 18.3. The van der Waals surface area contributed by atoms with E-state index in [4.69, 9.17) is 0 Å². The Morgan fingerprint density at radius 1 is 0.333 bits per heavy atom. The summed E-state index contributed by atoms with van der Waals surface area (Å²) in [6, 6.07) is 100. The lowest BCUT2D eigenvalue weighted by Crippen LogP contribution is -2.28. The van der Waals surface area contributed by atoms with Gasteiger partial charge in [-0.15, -0.1) is 0 Å². The maximum absolute atomic E-state index is 3.16. The number of rotatable bonds is 10. The highest BCUT2D eigenvalue weighted by atomic mass is 15.1. The summed E-state index contributed by atoms with van der Waals surface area (Å²) in [7, 11) is 0. The highest BCUT2D eigenvalue weighted by molar-refractivity contribution is 6.11. The van der Waals surface area contributed by atoms with Crippen LogP contribution in [-0.2, 0) is 5.41 Å². The Bertz CT molecular complexity index is 4240. The molecule has 0 radical (unpaired) electrons. The van der Waals surface area contributed by atoms with E-state index < -0.39 is 5.41 Å². The molecule has 0 spiro atoms. The van der Waals surface area contributed by atoms with Crippen LogP contribution in [0.5, 0.6) is 0 Å². The van der Waals surface area contributed by atoms with Crippen LogP contribution in [0.3, 0.4) is 0 Å². The van der Waals surface area contributed by atoms with Crippen molar-refractivity contribution < 1.29 is 0 Å². The Morgan fingerprint density at radius 2 is 0.840 bits per heavy atom. The maximum atomic E-state index is 3.16. The van der Waals surface area contributed by atoms with Crippen LogP contribution in [-0.4, -0.2) is 4.57 Å². The molecule has 0 amide bonds. The van der Waals surface area contributed by atoms with E-state index in [-0.39, 0.29) is 0 Å². The van der Waals surface area contributed by atoms with Gasteiger partial charge in [-0.2, -0.15) is 0 Å². The first-order chi connectivity index (χ1) is 37.2. The van der Waals surface area contributed by atoms with Crippen molar-refractivity contribution in [2.24, 2.45) is 0 Å². The zero-order valence-electron chi connectivity index (χ0n) is 41.1. The average Bonchev–Trinajstić information content (AvgIpc) is 4.00. The summed E-state index contributed by atoms with van der Waals surface area (Å²) in [4.78, 5) is 2.41. The number of nitrogens with zero attached hydrogens (tertiary/aromatic N) is 2. The van der Waals surface area contributed by atoms with Gasteiger partial charge in [0.1, 0.15) is 0 Å². The van der Waals surface area contributed by atoms with Gasteiger partial charge in [0.2, 0.25) is 0 Å². The molecule has 0 bridgehead atoms. The number of hydrogen-bond acceptors (Lipinski definition) is 1. The third-order valence-electron chi connectivity index (χ3n) is 15.3. The van der Waals surface area contributed by atoms with E-state index in [0.717, 1.165) is 67.2 Å². The molecule has 12 aromatic rings. The number of para-hydroxylation sites is 1. The van der Waals surface area contributed by atoms with E-state index in [1.807, 2.05) is 12.2 Å². The summed E-state index contributed by atoms with van der Waals surface area (Å²) in [5.41, 5.74) is 29.4. The molecule has 0 saturated carbocycles. The van der Waals surface area contributed by atoms with Gasteiger partial charge >= 0.3 is 0 Å². The summed E-state index contributed by atoms with van der Waals surface area (Å²) >= 11 is 0. The third-order valence-corrected chi connectivity index (χ3v) is 15.3. The summed E-state index contributed by atoms with van der Waals surface area (Å²) in [6.07, 6.45) is 6.06. The summed E-state index contributed by atoms with van der Waals surface area (Å²) < 4.78 is 2.40. The van der Waals surface area contributed by atoms with Crippen molar-refractivity contribution in [3.8, 4) is 50.2 Å². The summed E-state index contributed by atoms with van der Waals surface area (Å²) in [5.74, 6) is 0. The average molecular weight is 953 g/mol. The van der Waals surface area contributed by atoms with Gasteiger partial charge in [-0.05, 0) is 175 Å². The van der Waals surface area contributed by atoms with E-state index in [0.29, 0.717) is 0 Å². The molecule has 0 N–H and O–H groups in total. The lowest BCUT2D eigenvalue weighted by molar-refractivity contribution is 0.768. The Balaban J connectivity index is 0.874. The lowest BCUT2D eigenvalue weighted by atomic mass is 9.67. The van der Waals surface area contributed by atoms with Gasteiger partial charge in [-0.3, -0.25) is 0 Å². The number of anilines is 3. The van der Waals surface area contributed by atoms with Crippen LogP contribution in [0.25, 0.3) is 77.6 Å². The fraction of sp³-hybridized carbons (Fsp3) is 0.0137. The molecule has 75 heavy (non-hydrogen) atoms. The molecule has 0 unspecified atom stereocenters. The van der Waals surface area contributed by atoms with Gasteiger partial charge in [0.25, 0.3) is 0 Å². The van der Waals surface area contributed by atoms with Crippen LogP contribution in [0, 0.1) is 0 Å². The standard InChI is InChI=1S/C73H48N2/c1-6-20-51(21-7-1)53-36-40-62(41-37-53)75-71-44-38-57(52-22-8-2-9-23-52)48-67(71)68-49-58(39-45-72(68)75)55-25-18-24-54(46-55)56-26-19-33-63(47-56)74(61-31-14-5-15-32-61)64-42-43-66-65-34-16-17-35-69(65)73(70(66)50-64,59-27-10-3-11-28-59)60-29-12-4-13-30-60/h1,3-8,10-50H. The molecule has 14 rings (SSSR count). The van der Waals surface area contributed by atoms with Gasteiger partial charge in [0.15, 0.2) is 0 Å². The molecule has 2 aliphatic rings. The number of hydrogen-bond donors (Lipinski definition) is 0. The highest BCUT2D eigenvalue weighted by Crippen LogP contribution is 2.57. The van der Waals surface area contributed by atoms with Crippen LogP contribution in [0.1, 0.15) is 27.8 Å². The molecule has 1 aromatic heterocycles. The largest absolute Gasteiger partial charge is 0.310 e. The monoisotopic (exact) mass is 952 g/mol. The zero-order chi connectivity index (χ0) is 49.7. The van der Waals surface area contributed by atoms with Crippen LogP contribution < -0.4 is 4.90 Å². The Morgan fingerprint density at radius 3 is 1.52 bits per heavy atom. The number of aromatic nitrogens is 1. The molecule has 0 fully saturated rings. The highest BCUT2D eigenvalue weighted by Gasteiger charge is 2.46. The van der Waals surface area contributed by atoms with Crippen LogP contribution in [0.15, 0.2) is 303 Å². The van der Waals surface area contributed by atoms with Crippen LogP contribution >= 0.6 is 0 Å². The lowest BCUT2D eigenvalue weighted by Gasteiger charge is -2.35.